The first-order valence-electron chi connectivity index (χ1n) is 5.63. The normalized spacial score (nSPS) is 12.0. The topological polar surface area (TPSA) is 51.0 Å². The minimum absolute atomic E-state index is 0.0105. The molecule has 4 nitrogen and oxygen atoms in total. The summed E-state index contributed by atoms with van der Waals surface area (Å²) in [6.45, 7) is 10.3. The second kappa shape index (κ2) is 5.26. The van der Waals surface area contributed by atoms with Gasteiger partial charge in [-0.15, -0.1) is 10.2 Å². The average Bonchev–Trinajstić information content (AvgIpc) is 2.68. The minimum Gasteiger partial charge on any atom is -0.425 e. The smallest absolute Gasteiger partial charge is 0.222 e. The van der Waals surface area contributed by atoms with Gasteiger partial charge in [-0.1, -0.05) is 27.7 Å². The van der Waals surface area contributed by atoms with Crippen molar-refractivity contribution in [3.05, 3.63) is 11.8 Å². The Bertz CT molecular complexity index is 294. The van der Waals surface area contributed by atoms with E-state index in [2.05, 4.69) is 43.2 Å². The van der Waals surface area contributed by atoms with Crippen molar-refractivity contribution >= 4 is 0 Å². The van der Waals surface area contributed by atoms with E-state index in [1.54, 1.807) is 0 Å². The van der Waals surface area contributed by atoms with Crippen molar-refractivity contribution in [3.8, 4) is 0 Å². The molecule has 15 heavy (non-hydrogen) atoms. The summed E-state index contributed by atoms with van der Waals surface area (Å²) in [5, 5.41) is 11.4. The highest BCUT2D eigenvalue weighted by molar-refractivity contribution is 4.98. The van der Waals surface area contributed by atoms with Crippen LogP contribution in [0.1, 0.15) is 45.9 Å². The average molecular weight is 211 g/mol. The molecule has 0 saturated heterocycles. The third kappa shape index (κ3) is 3.30. The van der Waals surface area contributed by atoms with Crippen molar-refractivity contribution in [2.24, 2.45) is 0 Å². The van der Waals surface area contributed by atoms with Gasteiger partial charge in [0.25, 0.3) is 0 Å². The van der Waals surface area contributed by atoms with E-state index in [9.17, 15) is 0 Å². The molecule has 0 radical (unpaired) electrons. The molecule has 0 fully saturated rings. The molecule has 1 rings (SSSR count). The van der Waals surface area contributed by atoms with Gasteiger partial charge < -0.3 is 9.73 Å². The number of nitrogens with zero attached hydrogens (tertiary/aromatic N) is 2. The zero-order valence-corrected chi connectivity index (χ0v) is 10.1. The molecule has 0 unspecified atom stereocenters. The van der Waals surface area contributed by atoms with Crippen molar-refractivity contribution in [1.82, 2.24) is 15.5 Å². The van der Waals surface area contributed by atoms with Crippen LogP contribution in [-0.2, 0) is 11.8 Å². The van der Waals surface area contributed by atoms with E-state index in [1.807, 2.05) is 0 Å². The van der Waals surface area contributed by atoms with Gasteiger partial charge in [0.2, 0.25) is 11.8 Å². The molecule has 0 atom stereocenters. The number of hydrogen-bond donors (Lipinski definition) is 1. The molecule has 0 spiro atoms. The van der Waals surface area contributed by atoms with Crippen molar-refractivity contribution < 1.29 is 4.42 Å². The predicted octanol–water partition coefficient (Wildman–Crippen LogP) is 1.91. The van der Waals surface area contributed by atoms with Crippen LogP contribution in [-0.4, -0.2) is 23.3 Å². The minimum atomic E-state index is -0.0105. The zero-order chi connectivity index (χ0) is 11.3. The molecule has 1 aromatic heterocycles. The van der Waals surface area contributed by atoms with Crippen molar-refractivity contribution in [3.63, 3.8) is 0 Å². The van der Waals surface area contributed by atoms with Crippen molar-refractivity contribution in [2.75, 3.05) is 13.1 Å². The lowest BCUT2D eigenvalue weighted by Crippen LogP contribution is -2.16. The number of aromatic nitrogens is 2. The Balaban J connectivity index is 2.56. The summed E-state index contributed by atoms with van der Waals surface area (Å²) in [4.78, 5) is 0. The molecule has 1 aromatic rings. The van der Waals surface area contributed by atoms with E-state index in [0.29, 0.717) is 0 Å². The summed E-state index contributed by atoms with van der Waals surface area (Å²) in [7, 11) is 0. The summed E-state index contributed by atoms with van der Waals surface area (Å²) in [5.41, 5.74) is -0.0105. The quantitative estimate of drug-likeness (QED) is 0.730. The molecule has 0 amide bonds. The van der Waals surface area contributed by atoms with E-state index < -0.39 is 0 Å². The Morgan fingerprint density at radius 3 is 2.60 bits per heavy atom. The maximum Gasteiger partial charge on any atom is 0.222 e. The van der Waals surface area contributed by atoms with E-state index >= 15 is 0 Å². The predicted molar refractivity (Wildman–Crippen MR) is 59.9 cm³/mol. The highest BCUT2D eigenvalue weighted by atomic mass is 16.4. The van der Waals surface area contributed by atoms with Crippen LogP contribution in [0.15, 0.2) is 4.42 Å². The third-order valence-electron chi connectivity index (χ3n) is 2.70. The number of likely N-dealkylation sites (N-methyl/N-ethyl adjacent to an activating group) is 1. The number of rotatable bonds is 6. The summed E-state index contributed by atoms with van der Waals surface area (Å²) in [6, 6.07) is 0. The Labute approximate surface area is 91.5 Å². The van der Waals surface area contributed by atoms with Crippen LogP contribution in [0.5, 0.6) is 0 Å². The van der Waals surface area contributed by atoms with Gasteiger partial charge in [0.05, 0.1) is 0 Å². The molecular formula is C11H21N3O. The monoisotopic (exact) mass is 211 g/mol. The summed E-state index contributed by atoms with van der Waals surface area (Å²) < 4.78 is 5.62. The van der Waals surface area contributed by atoms with E-state index in [1.165, 1.54) is 0 Å². The molecular weight excluding hydrogens is 190 g/mol. The fourth-order valence-electron chi connectivity index (χ4n) is 1.15. The van der Waals surface area contributed by atoms with E-state index in [-0.39, 0.29) is 5.41 Å². The highest BCUT2D eigenvalue weighted by Crippen LogP contribution is 2.24. The standard InChI is InChI=1S/C11H21N3O/c1-5-11(3,4)10-14-13-9(15-10)7-8-12-6-2/h12H,5-8H2,1-4H3. The van der Waals surface area contributed by atoms with E-state index in [0.717, 1.165) is 37.7 Å². The van der Waals surface area contributed by atoms with Crippen molar-refractivity contribution in [2.45, 2.75) is 46.0 Å². The van der Waals surface area contributed by atoms with Gasteiger partial charge in [-0.05, 0) is 13.0 Å². The van der Waals surface area contributed by atoms with Crippen LogP contribution in [0.4, 0.5) is 0 Å². The summed E-state index contributed by atoms with van der Waals surface area (Å²) >= 11 is 0. The molecule has 1 heterocycles. The molecule has 0 saturated carbocycles. The third-order valence-corrected chi connectivity index (χ3v) is 2.70. The largest absolute Gasteiger partial charge is 0.425 e. The number of hydrogen-bond acceptors (Lipinski definition) is 4. The number of nitrogens with one attached hydrogen (secondary N) is 1. The van der Waals surface area contributed by atoms with Crippen LogP contribution in [0.25, 0.3) is 0 Å². The molecule has 0 aliphatic heterocycles. The van der Waals surface area contributed by atoms with Gasteiger partial charge >= 0.3 is 0 Å². The molecule has 86 valence electrons. The van der Waals surface area contributed by atoms with Gasteiger partial charge in [0.1, 0.15) is 0 Å². The Morgan fingerprint density at radius 1 is 1.27 bits per heavy atom. The Hall–Kier alpha value is -0.900. The highest BCUT2D eigenvalue weighted by Gasteiger charge is 2.24. The maximum atomic E-state index is 5.62. The fourth-order valence-corrected chi connectivity index (χ4v) is 1.15. The van der Waals surface area contributed by atoms with Crippen molar-refractivity contribution in [1.29, 1.82) is 0 Å². The van der Waals surface area contributed by atoms with Crippen LogP contribution < -0.4 is 5.32 Å². The van der Waals surface area contributed by atoms with Crippen LogP contribution in [0.3, 0.4) is 0 Å². The second-order valence-corrected chi connectivity index (χ2v) is 4.34. The fraction of sp³-hybridized carbons (Fsp3) is 0.818. The lowest BCUT2D eigenvalue weighted by molar-refractivity contribution is 0.343. The first-order chi connectivity index (χ1) is 7.10. The SMILES string of the molecule is CCNCCc1nnc(C(C)(C)CC)o1. The molecule has 0 aromatic carbocycles. The molecule has 1 N–H and O–H groups in total. The summed E-state index contributed by atoms with van der Waals surface area (Å²) in [5.74, 6) is 1.48. The van der Waals surface area contributed by atoms with Gasteiger partial charge in [0.15, 0.2) is 0 Å². The molecule has 0 aliphatic carbocycles. The zero-order valence-electron chi connectivity index (χ0n) is 10.1. The molecule has 4 heteroatoms. The first kappa shape index (κ1) is 12.2. The van der Waals surface area contributed by atoms with Gasteiger partial charge in [-0.25, -0.2) is 0 Å². The Morgan fingerprint density at radius 2 is 2.00 bits per heavy atom. The summed E-state index contributed by atoms with van der Waals surface area (Å²) in [6.07, 6.45) is 1.81. The van der Waals surface area contributed by atoms with Gasteiger partial charge in [-0.2, -0.15) is 0 Å². The second-order valence-electron chi connectivity index (χ2n) is 4.34. The van der Waals surface area contributed by atoms with Gasteiger partial charge in [-0.3, -0.25) is 0 Å². The molecule has 0 bridgehead atoms. The maximum absolute atomic E-state index is 5.62. The van der Waals surface area contributed by atoms with Crippen LogP contribution in [0.2, 0.25) is 0 Å². The Kier molecular flexibility index (Phi) is 4.27. The molecule has 0 aliphatic rings. The van der Waals surface area contributed by atoms with Crippen LogP contribution in [0, 0.1) is 0 Å². The van der Waals surface area contributed by atoms with Gasteiger partial charge in [0, 0.05) is 18.4 Å². The lowest BCUT2D eigenvalue weighted by atomic mass is 9.90. The van der Waals surface area contributed by atoms with Crippen LogP contribution >= 0.6 is 0 Å². The van der Waals surface area contributed by atoms with E-state index in [4.69, 9.17) is 4.42 Å². The first-order valence-corrected chi connectivity index (χ1v) is 5.63. The lowest BCUT2D eigenvalue weighted by Gasteiger charge is -2.16.